The Morgan fingerprint density at radius 1 is 0.938 bits per heavy atom. The Morgan fingerprint density at radius 2 is 1.41 bits per heavy atom. The van der Waals surface area contributed by atoms with E-state index >= 15 is 0 Å². The second-order valence-electron chi connectivity index (χ2n) is 6.14. The van der Waals surface area contributed by atoms with Crippen LogP contribution in [0.4, 0.5) is 0 Å². The third-order valence-corrected chi connectivity index (χ3v) is 6.23. The number of halogens is 6. The molecule has 0 saturated carbocycles. The molecule has 4 nitrogen and oxygen atoms in total. The zero-order valence-electron chi connectivity index (χ0n) is 16.8. The lowest BCUT2D eigenvalue weighted by atomic mass is 10.2. The van der Waals surface area contributed by atoms with Crippen LogP contribution in [0.15, 0.2) is 58.0 Å². The number of carbonyl (C=O) groups is 2. The van der Waals surface area contributed by atoms with Gasteiger partial charge in [0.25, 0.3) is 0 Å². The molecule has 2 aromatic carbocycles. The van der Waals surface area contributed by atoms with Crippen molar-refractivity contribution in [3.8, 4) is 0 Å². The van der Waals surface area contributed by atoms with E-state index in [-0.39, 0.29) is 12.0 Å². The fraction of sp³-hybridized carbons (Fsp3) is 0.273. The van der Waals surface area contributed by atoms with Crippen molar-refractivity contribution in [3.05, 3.63) is 79.2 Å². The Morgan fingerprint density at radius 3 is 1.84 bits per heavy atom. The molecule has 0 amide bonds. The normalized spacial score (nSPS) is 11.1. The van der Waals surface area contributed by atoms with Gasteiger partial charge in [-0.15, -0.1) is 29.8 Å². The number of hydrogen-bond donors (Lipinski definition) is 0. The third kappa shape index (κ3) is 10.9. The van der Waals surface area contributed by atoms with Gasteiger partial charge >= 0.3 is 11.9 Å². The Balaban J connectivity index is 0.000000323. The van der Waals surface area contributed by atoms with Gasteiger partial charge in [-0.05, 0) is 49.2 Å². The highest BCUT2D eigenvalue weighted by atomic mass is 79.9. The van der Waals surface area contributed by atoms with Gasteiger partial charge in [0.05, 0.1) is 39.8 Å². The van der Waals surface area contributed by atoms with Crippen molar-refractivity contribution in [2.45, 2.75) is 18.2 Å². The average molecular weight is 650 g/mol. The number of benzene rings is 2. The standard InChI is InChI=1S/C11H10BrCl3O2.C11H10BrClO2/c12-7-1-2-10(15)9(5-7)11(16)17-4-3-8(14)6-13;1-2-3-6-15-11(14)9-7-8(12)4-5-10(9)13/h1-2,5,8H,3-4,6H2;2,4-5,7H,1,3,6H2. The summed E-state index contributed by atoms with van der Waals surface area (Å²) in [6.45, 7) is 4.09. The maximum absolute atomic E-state index is 11.7. The molecule has 174 valence electrons. The first-order valence-electron chi connectivity index (χ1n) is 9.24. The van der Waals surface area contributed by atoms with Crippen LogP contribution in [-0.4, -0.2) is 36.4 Å². The van der Waals surface area contributed by atoms with Gasteiger partial charge in [0.1, 0.15) is 0 Å². The molecule has 0 N–H and O–H groups in total. The van der Waals surface area contributed by atoms with Gasteiger partial charge in [0, 0.05) is 14.8 Å². The van der Waals surface area contributed by atoms with E-state index in [1.54, 1.807) is 42.5 Å². The van der Waals surface area contributed by atoms with Crippen molar-refractivity contribution in [2.24, 2.45) is 0 Å². The molecule has 2 rings (SSSR count). The fourth-order valence-corrected chi connectivity index (χ4v) is 3.41. The lowest BCUT2D eigenvalue weighted by Crippen LogP contribution is -2.11. The van der Waals surface area contributed by atoms with E-state index in [1.165, 1.54) is 0 Å². The van der Waals surface area contributed by atoms with E-state index in [9.17, 15) is 9.59 Å². The number of hydrogen-bond acceptors (Lipinski definition) is 4. The smallest absolute Gasteiger partial charge is 0.339 e. The molecule has 0 aliphatic carbocycles. The summed E-state index contributed by atoms with van der Waals surface area (Å²) in [5, 5.41) is 0.558. The maximum atomic E-state index is 11.7. The van der Waals surface area contributed by atoms with E-state index in [4.69, 9.17) is 55.9 Å². The highest BCUT2D eigenvalue weighted by molar-refractivity contribution is 9.10. The summed E-state index contributed by atoms with van der Waals surface area (Å²) < 4.78 is 11.6. The Hall–Kier alpha value is -0.760. The van der Waals surface area contributed by atoms with Gasteiger partial charge in [-0.2, -0.15) is 0 Å². The minimum absolute atomic E-state index is 0.192. The van der Waals surface area contributed by atoms with Crippen LogP contribution >= 0.6 is 78.3 Å². The lowest BCUT2D eigenvalue weighted by molar-refractivity contribution is 0.0495. The second-order valence-corrected chi connectivity index (χ2v) is 9.71. The number of esters is 2. The minimum atomic E-state index is -0.463. The fourth-order valence-electron chi connectivity index (χ4n) is 2.05. The van der Waals surface area contributed by atoms with Crippen molar-refractivity contribution < 1.29 is 19.1 Å². The summed E-state index contributed by atoms with van der Waals surface area (Å²) in [5.41, 5.74) is 0.702. The van der Waals surface area contributed by atoms with Crippen LogP contribution in [0.25, 0.3) is 0 Å². The predicted octanol–water partition coefficient (Wildman–Crippen LogP) is 8.33. The molecule has 0 heterocycles. The first-order valence-corrected chi connectivity index (χ1v) is 12.6. The Labute approximate surface area is 224 Å². The second kappa shape index (κ2) is 16.0. The van der Waals surface area contributed by atoms with E-state index in [0.29, 0.717) is 46.5 Å². The van der Waals surface area contributed by atoms with Gasteiger partial charge in [0.2, 0.25) is 0 Å². The lowest BCUT2D eigenvalue weighted by Gasteiger charge is -2.08. The summed E-state index contributed by atoms with van der Waals surface area (Å²) in [6.07, 6.45) is 2.84. The van der Waals surface area contributed by atoms with Crippen LogP contribution in [0.2, 0.25) is 10.0 Å². The average Bonchev–Trinajstić information content (AvgIpc) is 2.77. The largest absolute Gasteiger partial charge is 0.462 e. The first-order chi connectivity index (χ1) is 15.2. The van der Waals surface area contributed by atoms with Crippen molar-refractivity contribution in [2.75, 3.05) is 19.1 Å². The molecule has 0 saturated heterocycles. The molecule has 32 heavy (non-hydrogen) atoms. The van der Waals surface area contributed by atoms with Crippen LogP contribution in [0, 0.1) is 0 Å². The van der Waals surface area contributed by atoms with Crippen molar-refractivity contribution in [3.63, 3.8) is 0 Å². The number of carbonyl (C=O) groups excluding carboxylic acids is 2. The van der Waals surface area contributed by atoms with Gasteiger partial charge in [-0.25, -0.2) is 9.59 Å². The van der Waals surface area contributed by atoms with E-state index in [1.807, 2.05) is 0 Å². The van der Waals surface area contributed by atoms with Crippen LogP contribution in [0.5, 0.6) is 0 Å². The van der Waals surface area contributed by atoms with Gasteiger partial charge in [-0.1, -0.05) is 61.1 Å². The molecule has 0 aliphatic heterocycles. The van der Waals surface area contributed by atoms with Crippen LogP contribution in [0.3, 0.4) is 0 Å². The predicted molar refractivity (Wildman–Crippen MR) is 139 cm³/mol. The molecule has 0 aromatic heterocycles. The van der Waals surface area contributed by atoms with E-state index in [2.05, 4.69) is 38.4 Å². The van der Waals surface area contributed by atoms with Crippen LogP contribution < -0.4 is 0 Å². The minimum Gasteiger partial charge on any atom is -0.462 e. The van der Waals surface area contributed by atoms with E-state index < -0.39 is 11.9 Å². The summed E-state index contributed by atoms with van der Waals surface area (Å²) >= 11 is 29.6. The Kier molecular flexibility index (Phi) is 14.6. The molecule has 0 fully saturated rings. The highest BCUT2D eigenvalue weighted by Crippen LogP contribution is 2.23. The maximum Gasteiger partial charge on any atom is 0.339 e. The molecule has 10 heteroatoms. The first kappa shape index (κ1) is 29.3. The zero-order chi connectivity index (χ0) is 24.1. The van der Waals surface area contributed by atoms with Gasteiger partial charge in [0.15, 0.2) is 0 Å². The van der Waals surface area contributed by atoms with Crippen LogP contribution in [-0.2, 0) is 9.47 Å². The summed E-state index contributed by atoms with van der Waals surface area (Å²) in [5.74, 6) is -0.547. The summed E-state index contributed by atoms with van der Waals surface area (Å²) in [4.78, 5) is 23.2. The quantitative estimate of drug-likeness (QED) is 0.119. The Bertz CT molecular complexity index is 925. The SMILES string of the molecule is C=CCCOC(=O)c1cc(Br)ccc1Cl.O=C(OCCC(Cl)CCl)c1cc(Br)ccc1Cl. The number of alkyl halides is 2. The summed E-state index contributed by atoms with van der Waals surface area (Å²) in [7, 11) is 0. The van der Waals surface area contributed by atoms with E-state index in [0.717, 1.165) is 8.95 Å². The van der Waals surface area contributed by atoms with Crippen molar-refractivity contribution in [1.82, 2.24) is 0 Å². The molecular formula is C22H20Br2Cl4O4. The van der Waals surface area contributed by atoms with Crippen molar-refractivity contribution >= 4 is 90.2 Å². The third-order valence-electron chi connectivity index (χ3n) is 3.68. The number of ether oxygens (including phenoxy) is 2. The topological polar surface area (TPSA) is 52.6 Å². The summed E-state index contributed by atoms with van der Waals surface area (Å²) in [6, 6.07) is 10.0. The molecule has 0 aliphatic rings. The van der Waals surface area contributed by atoms with Gasteiger partial charge in [-0.3, -0.25) is 0 Å². The molecule has 0 bridgehead atoms. The zero-order valence-corrected chi connectivity index (χ0v) is 23.0. The molecule has 0 spiro atoms. The van der Waals surface area contributed by atoms with Crippen LogP contribution in [0.1, 0.15) is 33.6 Å². The van der Waals surface area contributed by atoms with Gasteiger partial charge < -0.3 is 9.47 Å². The molecule has 1 atom stereocenters. The molecule has 0 radical (unpaired) electrons. The number of rotatable bonds is 9. The highest BCUT2D eigenvalue weighted by Gasteiger charge is 2.13. The molecular weight excluding hydrogens is 630 g/mol. The molecule has 1 unspecified atom stereocenters. The molecule has 2 aromatic rings. The monoisotopic (exact) mass is 646 g/mol. The van der Waals surface area contributed by atoms with Crippen molar-refractivity contribution in [1.29, 1.82) is 0 Å².